The van der Waals surface area contributed by atoms with E-state index in [1.165, 1.54) is 11.8 Å². The van der Waals surface area contributed by atoms with Gasteiger partial charge in [-0.25, -0.2) is 9.97 Å². The minimum atomic E-state index is -0.294. The van der Waals surface area contributed by atoms with Gasteiger partial charge in [-0.2, -0.15) is 0 Å². The summed E-state index contributed by atoms with van der Waals surface area (Å²) in [5, 5.41) is 6.67. The largest absolute Gasteiger partial charge is 0.493 e. The zero-order chi connectivity index (χ0) is 23.2. The number of rotatable bonds is 9. The molecule has 33 heavy (non-hydrogen) atoms. The van der Waals surface area contributed by atoms with Gasteiger partial charge < -0.3 is 14.8 Å². The fourth-order valence-corrected chi connectivity index (χ4v) is 5.44. The molecule has 0 spiro atoms. The molecular weight excluding hydrogens is 454 g/mol. The van der Waals surface area contributed by atoms with E-state index in [-0.39, 0.29) is 11.2 Å². The Hall–Kier alpha value is -3.10. The molecule has 0 saturated heterocycles. The van der Waals surface area contributed by atoms with Crippen molar-refractivity contribution in [2.45, 2.75) is 23.6 Å². The highest BCUT2D eigenvalue weighted by molar-refractivity contribution is 8.00. The van der Waals surface area contributed by atoms with Crippen LogP contribution in [0.25, 0.3) is 21.3 Å². The molecule has 2 heterocycles. The molecule has 0 aliphatic carbocycles. The summed E-state index contributed by atoms with van der Waals surface area (Å²) in [6.45, 7) is 2.44. The van der Waals surface area contributed by atoms with Crippen LogP contribution in [0.4, 0.5) is 0 Å². The third-order valence-corrected chi connectivity index (χ3v) is 7.23. The molecular formula is C25H25N3O3S2. The molecule has 0 radical (unpaired) electrons. The number of hydrogen-bond acceptors (Lipinski definition) is 7. The van der Waals surface area contributed by atoms with Gasteiger partial charge in [0.25, 0.3) is 0 Å². The van der Waals surface area contributed by atoms with Crippen molar-refractivity contribution in [1.29, 1.82) is 0 Å². The van der Waals surface area contributed by atoms with Crippen molar-refractivity contribution in [1.82, 2.24) is 15.3 Å². The molecule has 0 fully saturated rings. The number of carbonyl (C=O) groups excluding carboxylic acids is 1. The summed E-state index contributed by atoms with van der Waals surface area (Å²) in [5.74, 6) is 1.35. The molecule has 8 heteroatoms. The Morgan fingerprint density at radius 2 is 1.88 bits per heavy atom. The number of methoxy groups -OCH3 is 2. The van der Waals surface area contributed by atoms with Crippen LogP contribution in [-0.2, 0) is 11.2 Å². The molecule has 0 aliphatic rings. The number of amides is 1. The van der Waals surface area contributed by atoms with Crippen LogP contribution < -0.4 is 14.8 Å². The van der Waals surface area contributed by atoms with Crippen LogP contribution in [0, 0.1) is 0 Å². The van der Waals surface area contributed by atoms with E-state index in [0.29, 0.717) is 24.5 Å². The lowest BCUT2D eigenvalue weighted by Crippen LogP contribution is -2.32. The Morgan fingerprint density at radius 1 is 1.09 bits per heavy atom. The fraction of sp³-hybridized carbons (Fsp3) is 0.240. The number of aromatic nitrogens is 2. The predicted molar refractivity (Wildman–Crippen MR) is 134 cm³/mol. The van der Waals surface area contributed by atoms with Crippen LogP contribution in [0.5, 0.6) is 11.5 Å². The maximum absolute atomic E-state index is 12.8. The van der Waals surface area contributed by atoms with E-state index in [4.69, 9.17) is 9.47 Å². The Morgan fingerprint density at radius 3 is 2.64 bits per heavy atom. The molecule has 4 rings (SSSR count). The third-order valence-electron chi connectivity index (χ3n) is 5.24. The second-order valence-corrected chi connectivity index (χ2v) is 9.55. The van der Waals surface area contributed by atoms with Crippen LogP contribution in [0.1, 0.15) is 12.5 Å². The number of hydrogen-bond donors (Lipinski definition) is 1. The van der Waals surface area contributed by atoms with Crippen LogP contribution in [0.15, 0.2) is 65.3 Å². The summed E-state index contributed by atoms with van der Waals surface area (Å²) in [4.78, 5) is 22.6. The number of thioether (sulfide) groups is 1. The zero-order valence-electron chi connectivity index (χ0n) is 18.7. The van der Waals surface area contributed by atoms with Crippen LogP contribution in [0.2, 0.25) is 0 Å². The van der Waals surface area contributed by atoms with Crippen molar-refractivity contribution in [3.63, 3.8) is 0 Å². The van der Waals surface area contributed by atoms with Gasteiger partial charge in [-0.05, 0) is 36.6 Å². The molecule has 4 aromatic rings. The fourth-order valence-electron chi connectivity index (χ4n) is 3.50. The highest BCUT2D eigenvalue weighted by atomic mass is 32.2. The Labute approximate surface area is 201 Å². The smallest absolute Gasteiger partial charge is 0.233 e. The predicted octanol–water partition coefficient (Wildman–Crippen LogP) is 5.22. The van der Waals surface area contributed by atoms with Crippen molar-refractivity contribution in [3.05, 3.63) is 65.8 Å². The summed E-state index contributed by atoms with van der Waals surface area (Å²) in [6.07, 6.45) is 2.27. The SMILES string of the molecule is COc1ccc(CCNC(=O)C(C)Sc2ncnc3scc(-c4ccccc4)c23)cc1OC. The number of nitrogens with zero attached hydrogens (tertiary/aromatic N) is 2. The number of ether oxygens (including phenoxy) is 2. The van der Waals surface area contributed by atoms with Crippen LogP contribution in [-0.4, -0.2) is 41.9 Å². The topological polar surface area (TPSA) is 73.3 Å². The van der Waals surface area contributed by atoms with Gasteiger partial charge in [-0.1, -0.05) is 48.2 Å². The Kier molecular flexibility index (Phi) is 7.47. The summed E-state index contributed by atoms with van der Waals surface area (Å²) in [5.41, 5.74) is 3.28. The number of carbonyl (C=O) groups is 1. The summed E-state index contributed by atoms with van der Waals surface area (Å²) in [6, 6.07) is 16.0. The zero-order valence-corrected chi connectivity index (χ0v) is 20.3. The van der Waals surface area contributed by atoms with Gasteiger partial charge in [0.1, 0.15) is 16.2 Å². The number of nitrogens with one attached hydrogen (secondary N) is 1. The Balaban J connectivity index is 1.42. The average Bonchev–Trinajstić information content (AvgIpc) is 3.29. The molecule has 170 valence electrons. The lowest BCUT2D eigenvalue weighted by molar-refractivity contribution is -0.120. The quantitative estimate of drug-likeness (QED) is 0.262. The lowest BCUT2D eigenvalue weighted by atomic mass is 10.1. The first-order chi connectivity index (χ1) is 16.1. The maximum Gasteiger partial charge on any atom is 0.233 e. The van der Waals surface area contributed by atoms with Crippen molar-refractivity contribution in [2.24, 2.45) is 0 Å². The first kappa shape index (κ1) is 23.1. The van der Waals surface area contributed by atoms with Crippen molar-refractivity contribution < 1.29 is 14.3 Å². The lowest BCUT2D eigenvalue weighted by Gasteiger charge is -2.13. The molecule has 1 atom stereocenters. The average molecular weight is 480 g/mol. The first-order valence-electron chi connectivity index (χ1n) is 10.5. The van der Waals surface area contributed by atoms with E-state index in [9.17, 15) is 4.79 Å². The molecule has 2 aromatic carbocycles. The van der Waals surface area contributed by atoms with E-state index in [1.54, 1.807) is 31.9 Å². The monoisotopic (exact) mass is 479 g/mol. The van der Waals surface area contributed by atoms with Gasteiger partial charge >= 0.3 is 0 Å². The van der Waals surface area contributed by atoms with E-state index in [1.807, 2.05) is 43.3 Å². The molecule has 1 N–H and O–H groups in total. The number of benzene rings is 2. The molecule has 6 nitrogen and oxygen atoms in total. The standard InChI is InChI=1S/C25H25N3O3S2/c1-16(23(29)26-12-11-17-9-10-20(30-2)21(13-17)31-3)33-25-22-19(18-7-5-4-6-8-18)14-32-24(22)27-15-28-25/h4-10,13-16H,11-12H2,1-3H3,(H,26,29). The Bertz CT molecular complexity index is 1240. The second-order valence-electron chi connectivity index (χ2n) is 7.36. The normalized spacial score (nSPS) is 11.8. The highest BCUT2D eigenvalue weighted by Crippen LogP contribution is 2.38. The van der Waals surface area contributed by atoms with Crippen molar-refractivity contribution in [3.8, 4) is 22.6 Å². The van der Waals surface area contributed by atoms with Gasteiger partial charge in [0.05, 0.1) is 24.9 Å². The van der Waals surface area contributed by atoms with Gasteiger partial charge in [-0.15, -0.1) is 11.3 Å². The van der Waals surface area contributed by atoms with Gasteiger partial charge in [0, 0.05) is 17.5 Å². The minimum absolute atomic E-state index is 0.0243. The van der Waals surface area contributed by atoms with E-state index in [2.05, 4.69) is 32.8 Å². The third kappa shape index (κ3) is 5.29. The van der Waals surface area contributed by atoms with E-state index in [0.717, 1.165) is 31.9 Å². The van der Waals surface area contributed by atoms with Crippen molar-refractivity contribution >= 4 is 39.2 Å². The van der Waals surface area contributed by atoms with Gasteiger partial charge in [0.2, 0.25) is 5.91 Å². The van der Waals surface area contributed by atoms with Crippen LogP contribution >= 0.6 is 23.1 Å². The van der Waals surface area contributed by atoms with E-state index >= 15 is 0 Å². The van der Waals surface area contributed by atoms with Crippen molar-refractivity contribution in [2.75, 3.05) is 20.8 Å². The molecule has 2 aromatic heterocycles. The van der Waals surface area contributed by atoms with Gasteiger partial charge in [0.15, 0.2) is 11.5 Å². The molecule has 0 aliphatic heterocycles. The van der Waals surface area contributed by atoms with Gasteiger partial charge in [-0.3, -0.25) is 4.79 Å². The first-order valence-corrected chi connectivity index (χ1v) is 12.3. The van der Waals surface area contributed by atoms with Crippen LogP contribution in [0.3, 0.4) is 0 Å². The second kappa shape index (κ2) is 10.7. The molecule has 1 unspecified atom stereocenters. The van der Waals surface area contributed by atoms with E-state index < -0.39 is 0 Å². The summed E-state index contributed by atoms with van der Waals surface area (Å²) >= 11 is 3.05. The molecule has 0 bridgehead atoms. The number of fused-ring (bicyclic) bond motifs is 1. The minimum Gasteiger partial charge on any atom is -0.493 e. The summed E-state index contributed by atoms with van der Waals surface area (Å²) in [7, 11) is 3.23. The number of thiophene rings is 1. The highest BCUT2D eigenvalue weighted by Gasteiger charge is 2.19. The summed E-state index contributed by atoms with van der Waals surface area (Å²) < 4.78 is 10.6. The molecule has 0 saturated carbocycles. The maximum atomic E-state index is 12.8. The molecule has 1 amide bonds.